The molecule has 4 heteroatoms. The zero-order chi connectivity index (χ0) is 11.6. The first-order valence-corrected chi connectivity index (χ1v) is 7.28. The van der Waals surface area contributed by atoms with Crippen LogP contribution in [0.1, 0.15) is 48.7 Å². The molecule has 2 nitrogen and oxygen atoms in total. The lowest BCUT2D eigenvalue weighted by atomic mass is 9.83. The average Bonchev–Trinajstić information content (AvgIpc) is 2.65. The maximum absolute atomic E-state index is 12.0. The molecule has 2 rings (SSSR count). The first kappa shape index (κ1) is 12.1. The van der Waals surface area contributed by atoms with Gasteiger partial charge in [0.2, 0.25) is 0 Å². The summed E-state index contributed by atoms with van der Waals surface area (Å²) in [6.07, 6.45) is 5.96. The quantitative estimate of drug-likeness (QED) is 0.880. The van der Waals surface area contributed by atoms with E-state index >= 15 is 0 Å². The van der Waals surface area contributed by atoms with Gasteiger partial charge in [0, 0.05) is 5.54 Å². The van der Waals surface area contributed by atoms with Crippen molar-refractivity contribution in [3.8, 4) is 0 Å². The van der Waals surface area contributed by atoms with E-state index in [2.05, 4.69) is 28.2 Å². The van der Waals surface area contributed by atoms with Gasteiger partial charge in [0.1, 0.15) is 0 Å². The molecule has 0 aliphatic heterocycles. The molecule has 1 aliphatic carbocycles. The van der Waals surface area contributed by atoms with Crippen LogP contribution in [0.25, 0.3) is 0 Å². The molecule has 0 radical (unpaired) electrons. The fraction of sp³-hybridized carbons (Fsp3) is 0.583. The Morgan fingerprint density at radius 2 is 2.06 bits per heavy atom. The van der Waals surface area contributed by atoms with E-state index in [0.29, 0.717) is 0 Å². The van der Waals surface area contributed by atoms with Crippen molar-refractivity contribution in [3.05, 3.63) is 20.8 Å². The molecule has 1 heterocycles. The Balaban J connectivity index is 2.01. The standard InChI is InChI=1S/C12H16BrNOS/c1-12(7-3-2-4-8-12)14-11(15)9-5-6-10(13)16-9/h5-6H,2-4,7-8H2,1H3,(H,14,15). The van der Waals surface area contributed by atoms with E-state index in [4.69, 9.17) is 0 Å². The Bertz CT molecular complexity index is 382. The third-order valence-corrected chi connectivity index (χ3v) is 4.79. The highest BCUT2D eigenvalue weighted by Gasteiger charge is 2.28. The predicted octanol–water partition coefficient (Wildman–Crippen LogP) is 3.96. The van der Waals surface area contributed by atoms with Crippen molar-refractivity contribution in [1.82, 2.24) is 5.32 Å². The number of nitrogens with one attached hydrogen (secondary N) is 1. The number of halogens is 1. The summed E-state index contributed by atoms with van der Waals surface area (Å²) in [5.74, 6) is 0.0695. The molecule has 1 aromatic heterocycles. The second-order valence-corrected chi connectivity index (χ2v) is 7.14. The summed E-state index contributed by atoms with van der Waals surface area (Å²) >= 11 is 4.87. The van der Waals surface area contributed by atoms with Crippen LogP contribution in [-0.2, 0) is 0 Å². The molecule has 0 spiro atoms. The van der Waals surface area contributed by atoms with E-state index in [0.717, 1.165) is 21.5 Å². The molecule has 1 amide bonds. The second kappa shape index (κ2) is 4.88. The molecule has 0 aromatic carbocycles. The number of carbonyl (C=O) groups is 1. The highest BCUT2D eigenvalue weighted by Crippen LogP contribution is 2.29. The third kappa shape index (κ3) is 2.86. The molecule has 1 aliphatic rings. The van der Waals surface area contributed by atoms with Crippen LogP contribution in [-0.4, -0.2) is 11.4 Å². The van der Waals surface area contributed by atoms with Crippen LogP contribution in [0.3, 0.4) is 0 Å². The molecule has 0 unspecified atom stereocenters. The minimum atomic E-state index is 0.00575. The van der Waals surface area contributed by atoms with Crippen LogP contribution in [0, 0.1) is 0 Å². The summed E-state index contributed by atoms with van der Waals surface area (Å²) < 4.78 is 1.01. The van der Waals surface area contributed by atoms with Gasteiger partial charge in [-0.1, -0.05) is 19.3 Å². The van der Waals surface area contributed by atoms with Gasteiger partial charge in [-0.2, -0.15) is 0 Å². The first-order chi connectivity index (χ1) is 7.59. The second-order valence-electron chi connectivity index (χ2n) is 4.68. The van der Waals surface area contributed by atoms with Gasteiger partial charge < -0.3 is 5.32 Å². The number of thiophene rings is 1. The summed E-state index contributed by atoms with van der Waals surface area (Å²) in [6.45, 7) is 2.16. The predicted molar refractivity (Wildman–Crippen MR) is 71.0 cm³/mol. The van der Waals surface area contributed by atoms with Crippen molar-refractivity contribution in [1.29, 1.82) is 0 Å². The molecule has 16 heavy (non-hydrogen) atoms. The lowest BCUT2D eigenvalue weighted by Crippen LogP contribution is -2.46. The molecule has 0 bridgehead atoms. The van der Waals surface area contributed by atoms with Gasteiger partial charge in [-0.25, -0.2) is 0 Å². The lowest BCUT2D eigenvalue weighted by molar-refractivity contribution is 0.0887. The van der Waals surface area contributed by atoms with Gasteiger partial charge in [-0.3, -0.25) is 4.79 Å². The van der Waals surface area contributed by atoms with Gasteiger partial charge in [0.25, 0.3) is 5.91 Å². The van der Waals surface area contributed by atoms with Crippen LogP contribution in [0.15, 0.2) is 15.9 Å². The summed E-state index contributed by atoms with van der Waals surface area (Å²) in [6, 6.07) is 3.79. The number of rotatable bonds is 2. The zero-order valence-corrected chi connectivity index (χ0v) is 11.8. The Morgan fingerprint density at radius 3 is 2.62 bits per heavy atom. The van der Waals surface area contributed by atoms with Crippen molar-refractivity contribution in [2.24, 2.45) is 0 Å². The largest absolute Gasteiger partial charge is 0.346 e. The van der Waals surface area contributed by atoms with E-state index < -0.39 is 0 Å². The van der Waals surface area contributed by atoms with Crippen molar-refractivity contribution in [2.75, 3.05) is 0 Å². The Morgan fingerprint density at radius 1 is 1.38 bits per heavy atom. The molecule has 1 N–H and O–H groups in total. The SMILES string of the molecule is CC1(NC(=O)c2ccc(Br)s2)CCCCC1. The maximum atomic E-state index is 12.0. The smallest absolute Gasteiger partial charge is 0.261 e. The number of amides is 1. The minimum Gasteiger partial charge on any atom is -0.346 e. The topological polar surface area (TPSA) is 29.1 Å². The molecular formula is C12H16BrNOS. The molecule has 88 valence electrons. The number of hydrogen-bond donors (Lipinski definition) is 1. The van der Waals surface area contributed by atoms with Crippen LogP contribution >= 0.6 is 27.3 Å². The normalized spacial score (nSPS) is 19.4. The van der Waals surface area contributed by atoms with Crippen molar-refractivity contribution in [3.63, 3.8) is 0 Å². The van der Waals surface area contributed by atoms with E-state index in [1.165, 1.54) is 30.6 Å². The monoisotopic (exact) mass is 301 g/mol. The van der Waals surface area contributed by atoms with E-state index in [1.807, 2.05) is 12.1 Å². The van der Waals surface area contributed by atoms with Crippen molar-refractivity contribution in [2.45, 2.75) is 44.6 Å². The van der Waals surface area contributed by atoms with E-state index in [9.17, 15) is 4.79 Å². The molecular weight excluding hydrogens is 286 g/mol. The molecule has 1 aromatic rings. The first-order valence-electron chi connectivity index (χ1n) is 5.67. The average molecular weight is 302 g/mol. The Hall–Kier alpha value is -0.350. The molecule has 0 atom stereocenters. The van der Waals surface area contributed by atoms with E-state index in [1.54, 1.807) is 0 Å². The maximum Gasteiger partial charge on any atom is 0.261 e. The fourth-order valence-electron chi connectivity index (χ4n) is 2.23. The summed E-state index contributed by atoms with van der Waals surface area (Å²) in [7, 11) is 0. The zero-order valence-electron chi connectivity index (χ0n) is 9.38. The molecule has 1 fully saturated rings. The van der Waals surface area contributed by atoms with Crippen LogP contribution in [0.2, 0.25) is 0 Å². The van der Waals surface area contributed by atoms with Crippen LogP contribution < -0.4 is 5.32 Å². The summed E-state index contributed by atoms with van der Waals surface area (Å²) in [5.41, 5.74) is 0.00575. The van der Waals surface area contributed by atoms with Gasteiger partial charge in [0.15, 0.2) is 0 Å². The van der Waals surface area contributed by atoms with E-state index in [-0.39, 0.29) is 11.4 Å². The van der Waals surface area contributed by atoms with Gasteiger partial charge >= 0.3 is 0 Å². The van der Waals surface area contributed by atoms with Crippen molar-refractivity contribution >= 4 is 33.2 Å². The summed E-state index contributed by atoms with van der Waals surface area (Å²) in [4.78, 5) is 12.8. The van der Waals surface area contributed by atoms with Gasteiger partial charge in [0.05, 0.1) is 8.66 Å². The van der Waals surface area contributed by atoms with Gasteiger partial charge in [-0.05, 0) is 47.8 Å². The number of hydrogen-bond acceptors (Lipinski definition) is 2. The van der Waals surface area contributed by atoms with Crippen LogP contribution in [0.4, 0.5) is 0 Å². The lowest BCUT2D eigenvalue weighted by Gasteiger charge is -2.34. The summed E-state index contributed by atoms with van der Waals surface area (Å²) in [5, 5.41) is 3.18. The molecule has 0 saturated heterocycles. The van der Waals surface area contributed by atoms with Crippen molar-refractivity contribution < 1.29 is 4.79 Å². The van der Waals surface area contributed by atoms with Crippen LogP contribution in [0.5, 0.6) is 0 Å². The highest BCUT2D eigenvalue weighted by atomic mass is 79.9. The number of carbonyl (C=O) groups excluding carboxylic acids is 1. The Labute approximate surface area is 109 Å². The fourth-order valence-corrected chi connectivity index (χ4v) is 3.51. The minimum absolute atomic E-state index is 0.00575. The highest BCUT2D eigenvalue weighted by molar-refractivity contribution is 9.11. The van der Waals surface area contributed by atoms with Gasteiger partial charge in [-0.15, -0.1) is 11.3 Å². The Kier molecular flexibility index (Phi) is 3.70. The molecule has 1 saturated carbocycles. The third-order valence-electron chi connectivity index (χ3n) is 3.17.